The van der Waals surface area contributed by atoms with Crippen LogP contribution in [0.4, 0.5) is 0 Å². The molecule has 0 aliphatic carbocycles. The second kappa shape index (κ2) is 16.5. The summed E-state index contributed by atoms with van der Waals surface area (Å²) in [6.45, 7) is 0.0567. The second-order valence-corrected chi connectivity index (χ2v) is 7.42. The highest BCUT2D eigenvalue weighted by atomic mass is 32.3. The highest BCUT2D eigenvalue weighted by Crippen LogP contribution is 2.10. The fourth-order valence-electron chi connectivity index (χ4n) is 2.54. The van der Waals surface area contributed by atoms with Gasteiger partial charge < -0.3 is 5.11 Å². The van der Waals surface area contributed by atoms with Crippen LogP contribution in [-0.2, 0) is 19.4 Å². The van der Waals surface area contributed by atoms with Gasteiger partial charge in [-0.05, 0) is 38.5 Å². The van der Waals surface area contributed by atoms with Crippen LogP contribution in [0, 0.1) is 0 Å². The number of unbranched alkanes of at least 4 members (excludes halogenated alkanes) is 11. The van der Waals surface area contributed by atoms with E-state index in [1.54, 1.807) is 0 Å². The molecular formula is C18H34O6S. The third-order valence-corrected chi connectivity index (χ3v) is 4.39. The number of allylic oxidation sites excluding steroid dienone is 2. The first-order chi connectivity index (χ1) is 11.9. The highest BCUT2D eigenvalue weighted by Gasteiger charge is 2.02. The zero-order chi connectivity index (χ0) is 18.8. The van der Waals surface area contributed by atoms with Crippen LogP contribution in [0.25, 0.3) is 0 Å². The third-order valence-electron chi connectivity index (χ3n) is 3.93. The molecule has 0 aliphatic heterocycles. The van der Waals surface area contributed by atoms with Crippen molar-refractivity contribution in [3.63, 3.8) is 0 Å². The van der Waals surface area contributed by atoms with Gasteiger partial charge in [0.25, 0.3) is 0 Å². The molecule has 0 aliphatic rings. The summed E-state index contributed by atoms with van der Waals surface area (Å²) in [4.78, 5) is 10.4. The number of carbonyl (C=O) groups is 1. The van der Waals surface area contributed by atoms with Gasteiger partial charge in [0.15, 0.2) is 0 Å². The van der Waals surface area contributed by atoms with E-state index < -0.39 is 16.4 Å². The SMILES string of the molecule is O=C(O)CCCCCCC/C=C\CCCCCCCCOS(=O)(=O)O. The molecule has 0 unspecified atom stereocenters. The Morgan fingerprint density at radius 3 is 1.68 bits per heavy atom. The normalized spacial score (nSPS) is 12.0. The Kier molecular flexibility index (Phi) is 15.9. The fourth-order valence-corrected chi connectivity index (χ4v) is 2.87. The molecule has 148 valence electrons. The molecule has 0 aromatic heterocycles. The molecule has 6 nitrogen and oxygen atoms in total. The lowest BCUT2D eigenvalue weighted by atomic mass is 10.1. The van der Waals surface area contributed by atoms with Gasteiger partial charge in [-0.2, -0.15) is 8.42 Å². The predicted octanol–water partition coefficient (Wildman–Crippen LogP) is 4.91. The van der Waals surface area contributed by atoms with Crippen molar-refractivity contribution in [2.75, 3.05) is 6.61 Å². The summed E-state index contributed by atoms with van der Waals surface area (Å²) in [5.41, 5.74) is 0. The first-order valence-electron chi connectivity index (χ1n) is 9.40. The predicted molar refractivity (Wildman–Crippen MR) is 98.9 cm³/mol. The topological polar surface area (TPSA) is 101 Å². The molecule has 0 radical (unpaired) electrons. The Hall–Kier alpha value is -0.920. The zero-order valence-electron chi connectivity index (χ0n) is 15.2. The summed E-state index contributed by atoms with van der Waals surface area (Å²) in [6.07, 6.45) is 18.3. The van der Waals surface area contributed by atoms with E-state index in [2.05, 4.69) is 16.3 Å². The van der Waals surface area contributed by atoms with E-state index in [1.165, 1.54) is 25.7 Å². The molecule has 0 saturated carbocycles. The molecule has 25 heavy (non-hydrogen) atoms. The van der Waals surface area contributed by atoms with E-state index in [4.69, 9.17) is 9.66 Å². The summed E-state index contributed by atoms with van der Waals surface area (Å²) >= 11 is 0. The lowest BCUT2D eigenvalue weighted by Crippen LogP contribution is -2.04. The van der Waals surface area contributed by atoms with Crippen LogP contribution in [-0.4, -0.2) is 30.7 Å². The van der Waals surface area contributed by atoms with Crippen LogP contribution in [0.3, 0.4) is 0 Å². The van der Waals surface area contributed by atoms with Gasteiger partial charge in [-0.15, -0.1) is 0 Å². The minimum absolute atomic E-state index is 0.0567. The molecule has 0 atom stereocenters. The van der Waals surface area contributed by atoms with Gasteiger partial charge in [0.2, 0.25) is 0 Å². The number of hydrogen-bond donors (Lipinski definition) is 2. The summed E-state index contributed by atoms with van der Waals surface area (Å²) in [6, 6.07) is 0. The van der Waals surface area contributed by atoms with E-state index in [0.717, 1.165) is 51.4 Å². The van der Waals surface area contributed by atoms with Gasteiger partial charge in [-0.1, -0.05) is 57.1 Å². The van der Waals surface area contributed by atoms with Crippen molar-refractivity contribution in [1.29, 1.82) is 0 Å². The first kappa shape index (κ1) is 24.1. The minimum atomic E-state index is -4.28. The Balaban J connectivity index is 3.17. The molecule has 0 fully saturated rings. The van der Waals surface area contributed by atoms with Gasteiger partial charge in [0.05, 0.1) is 6.61 Å². The Morgan fingerprint density at radius 2 is 1.20 bits per heavy atom. The van der Waals surface area contributed by atoms with E-state index in [-0.39, 0.29) is 13.0 Å². The molecule has 0 aromatic carbocycles. The molecule has 7 heteroatoms. The lowest BCUT2D eigenvalue weighted by Gasteiger charge is -2.01. The van der Waals surface area contributed by atoms with Gasteiger partial charge >= 0.3 is 16.4 Å². The Labute approximate surface area is 152 Å². The number of rotatable bonds is 18. The van der Waals surface area contributed by atoms with Crippen LogP contribution in [0.2, 0.25) is 0 Å². The molecule has 0 amide bonds. The van der Waals surface area contributed by atoms with Crippen molar-refractivity contribution in [3.8, 4) is 0 Å². The smallest absolute Gasteiger partial charge is 0.397 e. The maximum Gasteiger partial charge on any atom is 0.397 e. The maximum absolute atomic E-state index is 10.4. The van der Waals surface area contributed by atoms with E-state index in [1.807, 2.05) is 0 Å². The molecule has 0 aromatic rings. The van der Waals surface area contributed by atoms with Gasteiger partial charge in [-0.25, -0.2) is 4.18 Å². The standard InChI is InChI=1S/C18H34O6S/c19-18(20)16-14-12-10-8-6-4-2-1-3-5-7-9-11-13-15-17-24-25(21,22)23/h1-2H,3-17H2,(H,19,20)(H,21,22,23)/b2-1-. The van der Waals surface area contributed by atoms with Gasteiger partial charge in [0.1, 0.15) is 0 Å². The summed E-state index contributed by atoms with van der Waals surface area (Å²) in [7, 11) is -4.28. The monoisotopic (exact) mass is 378 g/mol. The van der Waals surface area contributed by atoms with Gasteiger partial charge in [0, 0.05) is 6.42 Å². The average Bonchev–Trinajstić information content (AvgIpc) is 2.52. The fraction of sp³-hybridized carbons (Fsp3) is 0.833. The van der Waals surface area contributed by atoms with Crippen molar-refractivity contribution in [2.24, 2.45) is 0 Å². The lowest BCUT2D eigenvalue weighted by molar-refractivity contribution is -0.137. The van der Waals surface area contributed by atoms with Crippen molar-refractivity contribution in [3.05, 3.63) is 12.2 Å². The quantitative estimate of drug-likeness (QED) is 0.200. The van der Waals surface area contributed by atoms with Crippen molar-refractivity contribution < 1.29 is 27.1 Å². The number of aliphatic carboxylic acids is 1. The van der Waals surface area contributed by atoms with Crippen LogP contribution in [0.1, 0.15) is 89.9 Å². The van der Waals surface area contributed by atoms with Crippen LogP contribution in [0.5, 0.6) is 0 Å². The van der Waals surface area contributed by atoms with E-state index in [9.17, 15) is 13.2 Å². The highest BCUT2D eigenvalue weighted by molar-refractivity contribution is 7.80. The molecule has 0 spiro atoms. The molecule has 0 heterocycles. The summed E-state index contributed by atoms with van der Waals surface area (Å²) in [5, 5.41) is 8.52. The largest absolute Gasteiger partial charge is 0.481 e. The number of carboxylic acid groups (broad SMARTS) is 1. The van der Waals surface area contributed by atoms with E-state index in [0.29, 0.717) is 6.42 Å². The second-order valence-electron chi connectivity index (χ2n) is 6.33. The first-order valence-corrected chi connectivity index (χ1v) is 10.8. The maximum atomic E-state index is 10.4. The molecule has 0 bridgehead atoms. The summed E-state index contributed by atoms with van der Waals surface area (Å²) in [5.74, 6) is -0.700. The molecule has 0 saturated heterocycles. The zero-order valence-corrected chi connectivity index (χ0v) is 16.0. The molecule has 0 rings (SSSR count). The van der Waals surface area contributed by atoms with Crippen LogP contribution in [0.15, 0.2) is 12.2 Å². The van der Waals surface area contributed by atoms with Crippen LogP contribution < -0.4 is 0 Å². The number of carboxylic acids is 1. The van der Waals surface area contributed by atoms with Crippen molar-refractivity contribution >= 4 is 16.4 Å². The summed E-state index contributed by atoms with van der Waals surface area (Å²) < 4.78 is 33.3. The third kappa shape index (κ3) is 23.1. The molecule has 2 N–H and O–H groups in total. The minimum Gasteiger partial charge on any atom is -0.481 e. The Morgan fingerprint density at radius 1 is 0.760 bits per heavy atom. The number of hydrogen-bond acceptors (Lipinski definition) is 4. The Bertz CT molecular complexity index is 444. The van der Waals surface area contributed by atoms with E-state index >= 15 is 0 Å². The van der Waals surface area contributed by atoms with Gasteiger partial charge in [-0.3, -0.25) is 9.35 Å². The average molecular weight is 379 g/mol. The molecular weight excluding hydrogens is 344 g/mol. The van der Waals surface area contributed by atoms with Crippen molar-refractivity contribution in [1.82, 2.24) is 0 Å². The van der Waals surface area contributed by atoms with Crippen molar-refractivity contribution in [2.45, 2.75) is 89.9 Å². The van der Waals surface area contributed by atoms with Crippen LogP contribution >= 0.6 is 0 Å².